The number of amides is 4. The van der Waals surface area contributed by atoms with Crippen LogP contribution in [-0.4, -0.2) is 23.6 Å². The zero-order valence-electron chi connectivity index (χ0n) is 13.5. The quantitative estimate of drug-likeness (QED) is 0.856. The molecule has 6 nitrogen and oxygen atoms in total. The van der Waals surface area contributed by atoms with Crippen LogP contribution in [0.3, 0.4) is 0 Å². The van der Waals surface area contributed by atoms with Crippen molar-refractivity contribution in [2.45, 2.75) is 41.0 Å². The van der Waals surface area contributed by atoms with Crippen molar-refractivity contribution in [1.82, 2.24) is 0 Å². The van der Waals surface area contributed by atoms with Gasteiger partial charge in [-0.05, 0) is 30.2 Å². The Morgan fingerprint density at radius 3 is 1.64 bits per heavy atom. The topological polar surface area (TPSA) is 74.8 Å². The van der Waals surface area contributed by atoms with E-state index in [1.54, 1.807) is 18.2 Å². The molecule has 0 aliphatic carbocycles. The van der Waals surface area contributed by atoms with Crippen molar-refractivity contribution in [2.75, 3.05) is 9.80 Å². The maximum atomic E-state index is 11.7. The van der Waals surface area contributed by atoms with Gasteiger partial charge in [-0.15, -0.1) is 0 Å². The molecule has 1 aromatic carbocycles. The molecule has 22 heavy (non-hydrogen) atoms. The largest absolute Gasteiger partial charge is 0.274 e. The number of rotatable bonds is 3. The predicted octanol–water partition coefficient (Wildman–Crippen LogP) is 2.05. The van der Waals surface area contributed by atoms with E-state index in [2.05, 4.69) is 0 Å². The highest BCUT2D eigenvalue weighted by atomic mass is 16.2. The molecule has 0 atom stereocenters. The maximum Gasteiger partial charge on any atom is 0.230 e. The Morgan fingerprint density at radius 1 is 0.818 bits per heavy atom. The molecule has 6 heteroatoms. The first-order valence-corrected chi connectivity index (χ1v) is 6.96. The van der Waals surface area contributed by atoms with Crippen molar-refractivity contribution in [3.05, 3.63) is 23.8 Å². The number of carbonyl (C=O) groups excluding carboxylic acids is 4. The zero-order valence-corrected chi connectivity index (χ0v) is 13.5. The first kappa shape index (κ1) is 17.6. The van der Waals surface area contributed by atoms with Crippen LogP contribution in [0.25, 0.3) is 0 Å². The van der Waals surface area contributed by atoms with Crippen molar-refractivity contribution < 1.29 is 19.2 Å². The number of benzene rings is 1. The van der Waals surface area contributed by atoms with Gasteiger partial charge in [0.1, 0.15) is 0 Å². The Morgan fingerprint density at radius 2 is 1.27 bits per heavy atom. The normalized spacial score (nSPS) is 10.0. The van der Waals surface area contributed by atoms with E-state index in [9.17, 15) is 19.2 Å². The molecule has 0 N–H and O–H groups in total. The van der Waals surface area contributed by atoms with Gasteiger partial charge in [0.15, 0.2) is 0 Å². The molecule has 4 amide bonds. The predicted molar refractivity (Wildman–Crippen MR) is 83.5 cm³/mol. The van der Waals surface area contributed by atoms with E-state index in [4.69, 9.17) is 0 Å². The van der Waals surface area contributed by atoms with Gasteiger partial charge in [0.25, 0.3) is 0 Å². The second-order valence-electron chi connectivity index (χ2n) is 4.91. The van der Waals surface area contributed by atoms with Gasteiger partial charge in [0, 0.05) is 27.7 Å². The lowest BCUT2D eigenvalue weighted by molar-refractivity contribution is -0.126. The van der Waals surface area contributed by atoms with Crippen LogP contribution in [0, 0.1) is 0 Å². The van der Waals surface area contributed by atoms with Gasteiger partial charge in [-0.2, -0.15) is 0 Å². The van der Waals surface area contributed by atoms with Crippen molar-refractivity contribution in [2.24, 2.45) is 0 Å². The van der Waals surface area contributed by atoms with Gasteiger partial charge >= 0.3 is 0 Å². The third-order valence-corrected chi connectivity index (χ3v) is 3.20. The summed E-state index contributed by atoms with van der Waals surface area (Å²) in [6.45, 7) is 7.10. The maximum absolute atomic E-state index is 11.7. The summed E-state index contributed by atoms with van der Waals surface area (Å²) >= 11 is 0. The van der Waals surface area contributed by atoms with E-state index >= 15 is 0 Å². The third kappa shape index (κ3) is 3.58. The highest BCUT2D eigenvalue weighted by Crippen LogP contribution is 2.27. The second-order valence-corrected chi connectivity index (χ2v) is 4.91. The number of carbonyl (C=O) groups is 4. The Labute approximate surface area is 129 Å². The van der Waals surface area contributed by atoms with Gasteiger partial charge in [-0.1, -0.05) is 6.92 Å². The van der Waals surface area contributed by atoms with Crippen molar-refractivity contribution in [1.29, 1.82) is 0 Å². The molecular formula is C16H20N2O4. The Kier molecular flexibility index (Phi) is 5.56. The summed E-state index contributed by atoms with van der Waals surface area (Å²) in [4.78, 5) is 48.7. The van der Waals surface area contributed by atoms with E-state index in [0.29, 0.717) is 23.4 Å². The van der Waals surface area contributed by atoms with Crippen LogP contribution in [0.4, 0.5) is 11.4 Å². The molecule has 0 fully saturated rings. The number of nitrogens with zero attached hydrogens (tertiary/aromatic N) is 2. The Bertz CT molecular complexity index is 609. The Balaban J connectivity index is 3.43. The summed E-state index contributed by atoms with van der Waals surface area (Å²) in [5.74, 6) is -1.55. The number of anilines is 2. The van der Waals surface area contributed by atoms with Crippen LogP contribution in [0.15, 0.2) is 18.2 Å². The highest BCUT2D eigenvalue weighted by molar-refractivity contribution is 6.15. The van der Waals surface area contributed by atoms with E-state index in [1.165, 1.54) is 27.7 Å². The highest BCUT2D eigenvalue weighted by Gasteiger charge is 2.22. The third-order valence-electron chi connectivity index (χ3n) is 3.20. The van der Waals surface area contributed by atoms with E-state index in [0.717, 1.165) is 9.80 Å². The fraction of sp³-hybridized carbons (Fsp3) is 0.375. The van der Waals surface area contributed by atoms with Crippen LogP contribution in [0.1, 0.15) is 40.2 Å². The summed E-state index contributed by atoms with van der Waals surface area (Å²) in [7, 11) is 0. The average molecular weight is 304 g/mol. The second kappa shape index (κ2) is 6.98. The summed E-state index contributed by atoms with van der Waals surface area (Å²) in [5.41, 5.74) is 1.60. The molecular weight excluding hydrogens is 284 g/mol. The van der Waals surface area contributed by atoms with Gasteiger partial charge in [-0.3, -0.25) is 29.0 Å². The van der Waals surface area contributed by atoms with Crippen molar-refractivity contribution in [3.63, 3.8) is 0 Å². The molecule has 0 unspecified atom stereocenters. The number of hydrogen-bond acceptors (Lipinski definition) is 4. The number of imide groups is 2. The molecule has 0 heterocycles. The summed E-state index contributed by atoms with van der Waals surface area (Å²) in [6, 6.07) is 4.78. The van der Waals surface area contributed by atoms with Crippen LogP contribution in [0.5, 0.6) is 0 Å². The van der Waals surface area contributed by atoms with Crippen LogP contribution >= 0.6 is 0 Å². The molecule has 0 bridgehead atoms. The van der Waals surface area contributed by atoms with Crippen LogP contribution in [-0.2, 0) is 25.6 Å². The molecule has 1 aromatic rings. The monoisotopic (exact) mass is 304 g/mol. The fourth-order valence-corrected chi connectivity index (χ4v) is 2.36. The SMILES string of the molecule is CCc1cc(N(C(C)=O)C(C)=O)ccc1N(C(C)=O)C(C)=O. The smallest absolute Gasteiger partial charge is 0.230 e. The lowest BCUT2D eigenvalue weighted by Crippen LogP contribution is -2.35. The van der Waals surface area contributed by atoms with Gasteiger partial charge in [0.2, 0.25) is 23.6 Å². The molecule has 0 saturated carbocycles. The lowest BCUT2D eigenvalue weighted by atomic mass is 10.1. The standard InChI is InChI=1S/C16H20N2O4/c1-6-14-9-15(17(10(2)19)11(3)20)7-8-16(14)18(12(4)21)13(5)22/h7-9H,6H2,1-5H3. The number of hydrogen-bond donors (Lipinski definition) is 0. The molecule has 0 aromatic heterocycles. The van der Waals surface area contributed by atoms with Crippen LogP contribution < -0.4 is 9.80 Å². The van der Waals surface area contributed by atoms with E-state index < -0.39 is 11.8 Å². The van der Waals surface area contributed by atoms with Gasteiger partial charge < -0.3 is 0 Å². The van der Waals surface area contributed by atoms with Crippen LogP contribution in [0.2, 0.25) is 0 Å². The fourth-order valence-electron chi connectivity index (χ4n) is 2.36. The molecule has 0 saturated heterocycles. The van der Waals surface area contributed by atoms with Crippen molar-refractivity contribution >= 4 is 35.0 Å². The molecule has 1 rings (SSSR count). The van der Waals surface area contributed by atoms with E-state index in [1.807, 2.05) is 6.92 Å². The first-order valence-electron chi connectivity index (χ1n) is 6.96. The minimum absolute atomic E-state index is 0.384. The summed E-state index contributed by atoms with van der Waals surface area (Å²) < 4.78 is 0. The first-order chi connectivity index (χ1) is 10.2. The number of aryl methyl sites for hydroxylation is 1. The minimum atomic E-state index is -0.391. The molecule has 0 aliphatic rings. The van der Waals surface area contributed by atoms with E-state index in [-0.39, 0.29) is 11.8 Å². The molecule has 118 valence electrons. The molecule has 0 spiro atoms. The molecule has 0 aliphatic heterocycles. The summed E-state index contributed by atoms with van der Waals surface area (Å²) in [5, 5.41) is 0. The summed E-state index contributed by atoms with van der Waals surface area (Å²) in [6.07, 6.45) is 0.546. The minimum Gasteiger partial charge on any atom is -0.274 e. The van der Waals surface area contributed by atoms with Crippen molar-refractivity contribution in [3.8, 4) is 0 Å². The Hall–Kier alpha value is -2.50. The molecule has 0 radical (unpaired) electrons. The average Bonchev–Trinajstić information content (AvgIpc) is 2.38. The lowest BCUT2D eigenvalue weighted by Gasteiger charge is -2.23. The zero-order chi connectivity index (χ0) is 17.0. The van der Waals surface area contributed by atoms with Gasteiger partial charge in [-0.25, -0.2) is 0 Å². The van der Waals surface area contributed by atoms with Gasteiger partial charge in [0.05, 0.1) is 11.4 Å².